The van der Waals surface area contributed by atoms with Crippen LogP contribution in [-0.4, -0.2) is 0 Å². The minimum atomic E-state index is 0. The zero-order chi connectivity index (χ0) is 9.42. The number of hydrogen-bond acceptors (Lipinski definition) is 0. The third-order valence-electron chi connectivity index (χ3n) is 2.52. The molecule has 2 rings (SSSR count). The summed E-state index contributed by atoms with van der Waals surface area (Å²) in [7, 11) is 0. The molecule has 0 fully saturated rings. The molecule has 3 atom stereocenters. The molecule has 0 unspecified atom stereocenters. The van der Waals surface area contributed by atoms with Crippen LogP contribution in [0.1, 0.15) is 27.7 Å². The minimum absolute atomic E-state index is 0. The van der Waals surface area contributed by atoms with Crippen LogP contribution < -0.4 is 0 Å². The van der Waals surface area contributed by atoms with Crippen molar-refractivity contribution in [2.24, 2.45) is 5.92 Å². The first-order valence-corrected chi connectivity index (χ1v) is 6.25. The van der Waals surface area contributed by atoms with E-state index in [1.807, 2.05) is 0 Å². The molecule has 14 heavy (non-hydrogen) atoms. The molecule has 0 bridgehead atoms. The number of rotatable bonds is 0. The van der Waals surface area contributed by atoms with Gasteiger partial charge in [-0.2, -0.15) is 5.92 Å². The number of benzene rings is 1. The fourth-order valence-electron chi connectivity index (χ4n) is 1.76. The van der Waals surface area contributed by atoms with Crippen LogP contribution in [0.15, 0.2) is 24.3 Å². The van der Waals surface area contributed by atoms with Gasteiger partial charge in [0.1, 0.15) is 0 Å². The van der Waals surface area contributed by atoms with E-state index in [1.165, 1.54) is 11.1 Å². The Balaban J connectivity index is 0.000000980. The standard InChI is InChI=1S/C11H11Br2.Y/c1-7-6-10(12)8-4-2-3-5-9(8)11(7)13;/h2-7,10-11H,1H3;/q-1;/t7-,10+,11-;/m0./s1. The Morgan fingerprint density at radius 3 is 2.36 bits per heavy atom. The third-order valence-corrected chi connectivity index (χ3v) is 4.65. The van der Waals surface area contributed by atoms with Gasteiger partial charge >= 0.3 is 0 Å². The van der Waals surface area contributed by atoms with Crippen molar-refractivity contribution >= 4 is 31.9 Å². The normalized spacial score (nSPS) is 30.4. The van der Waals surface area contributed by atoms with Crippen LogP contribution in [0.25, 0.3) is 0 Å². The van der Waals surface area contributed by atoms with Crippen LogP contribution in [0, 0.1) is 12.3 Å². The smallest absolute Gasteiger partial charge is 0.0153 e. The van der Waals surface area contributed by atoms with Crippen molar-refractivity contribution in [3.05, 3.63) is 41.8 Å². The molecule has 0 spiro atoms. The Morgan fingerprint density at radius 2 is 1.71 bits per heavy atom. The second kappa shape index (κ2) is 5.56. The van der Waals surface area contributed by atoms with Gasteiger partial charge < -0.3 is 6.42 Å². The van der Waals surface area contributed by atoms with Gasteiger partial charge in [-0.25, -0.2) is 0 Å². The molecule has 1 aliphatic carbocycles. The second-order valence-electron chi connectivity index (χ2n) is 3.48. The summed E-state index contributed by atoms with van der Waals surface area (Å²) in [6.07, 6.45) is 2.34. The van der Waals surface area contributed by atoms with Crippen molar-refractivity contribution in [3.8, 4) is 0 Å². The van der Waals surface area contributed by atoms with E-state index in [2.05, 4.69) is 69.5 Å². The molecule has 1 aromatic carbocycles. The monoisotopic (exact) mass is 390 g/mol. The van der Waals surface area contributed by atoms with E-state index >= 15 is 0 Å². The van der Waals surface area contributed by atoms with Crippen LogP contribution >= 0.6 is 31.9 Å². The second-order valence-corrected chi connectivity index (χ2v) is 5.46. The Labute approximate surface area is 127 Å². The first kappa shape index (κ1) is 13.3. The maximum Gasteiger partial charge on any atom is 0.0153 e. The number of alkyl halides is 2. The van der Waals surface area contributed by atoms with Crippen LogP contribution in [0.4, 0.5) is 0 Å². The molecule has 0 aliphatic heterocycles. The van der Waals surface area contributed by atoms with E-state index in [-0.39, 0.29) is 32.7 Å². The summed E-state index contributed by atoms with van der Waals surface area (Å²) in [6, 6.07) is 8.58. The van der Waals surface area contributed by atoms with E-state index in [4.69, 9.17) is 0 Å². The van der Waals surface area contributed by atoms with Crippen molar-refractivity contribution in [1.82, 2.24) is 0 Å². The first-order valence-electron chi connectivity index (χ1n) is 4.42. The molecule has 0 amide bonds. The molecule has 3 heteroatoms. The molecule has 1 aromatic rings. The summed E-state index contributed by atoms with van der Waals surface area (Å²) in [4.78, 5) is 0.880. The topological polar surface area (TPSA) is 0 Å². The van der Waals surface area contributed by atoms with Gasteiger partial charge in [-0.3, -0.25) is 0 Å². The van der Waals surface area contributed by atoms with Gasteiger partial charge in [0.05, 0.1) is 0 Å². The maximum atomic E-state index is 3.73. The molecule has 0 aromatic heterocycles. The first-order chi connectivity index (χ1) is 6.20. The van der Waals surface area contributed by atoms with Gasteiger partial charge in [-0.15, -0.1) is 15.9 Å². The predicted molar refractivity (Wildman–Crippen MR) is 63.2 cm³/mol. The van der Waals surface area contributed by atoms with E-state index < -0.39 is 0 Å². The fourth-order valence-corrected chi connectivity index (χ4v) is 3.26. The molecule has 0 heterocycles. The summed E-state index contributed by atoms with van der Waals surface area (Å²) >= 11 is 7.41. The summed E-state index contributed by atoms with van der Waals surface area (Å²) in [5.74, 6) is 0.583. The molecule has 1 radical (unpaired) electrons. The van der Waals surface area contributed by atoms with Crippen LogP contribution in [0.3, 0.4) is 0 Å². The van der Waals surface area contributed by atoms with E-state index in [0.717, 1.165) is 0 Å². The summed E-state index contributed by atoms with van der Waals surface area (Å²) < 4.78 is 0. The number of hydrogen-bond donors (Lipinski definition) is 0. The average Bonchev–Trinajstić information content (AvgIpc) is 2.15. The summed E-state index contributed by atoms with van der Waals surface area (Å²) in [5.41, 5.74) is 2.81. The Bertz CT molecular complexity index is 314. The molecule has 1 aliphatic rings. The van der Waals surface area contributed by atoms with Gasteiger partial charge in [0, 0.05) is 37.5 Å². The van der Waals surface area contributed by atoms with Crippen molar-refractivity contribution in [3.63, 3.8) is 0 Å². The minimum Gasteiger partial charge on any atom is -0.307 e. The van der Waals surface area contributed by atoms with Crippen molar-refractivity contribution in [2.75, 3.05) is 0 Å². The fraction of sp³-hybridized carbons (Fsp3) is 0.364. The van der Waals surface area contributed by atoms with E-state index in [0.29, 0.717) is 15.6 Å². The quantitative estimate of drug-likeness (QED) is 0.454. The average molecular weight is 392 g/mol. The summed E-state index contributed by atoms with van der Waals surface area (Å²) in [6.45, 7) is 2.24. The summed E-state index contributed by atoms with van der Waals surface area (Å²) in [5, 5.41) is 0. The predicted octanol–water partition coefficient (Wildman–Crippen LogP) is 4.41. The molecular formula is C11H11Br2Y-. The van der Waals surface area contributed by atoms with Crippen LogP contribution in [-0.2, 0) is 32.7 Å². The molecule has 0 saturated heterocycles. The SMILES string of the molecule is C[C@H]1[CH-][C@@H](Br)c2ccccc2[C@H]1Br.[Y]. The maximum absolute atomic E-state index is 3.73. The number of fused-ring (bicyclic) bond motifs is 1. The molecule has 0 saturated carbocycles. The van der Waals surface area contributed by atoms with Gasteiger partial charge in [-0.05, 0) is 5.56 Å². The van der Waals surface area contributed by atoms with Crippen molar-refractivity contribution in [1.29, 1.82) is 0 Å². The molecular weight excluding hydrogens is 381 g/mol. The Hall–Kier alpha value is 1.28. The number of halogens is 2. The van der Waals surface area contributed by atoms with Crippen molar-refractivity contribution < 1.29 is 32.7 Å². The molecule has 0 N–H and O–H groups in total. The zero-order valence-corrected chi connectivity index (χ0v) is 14.0. The zero-order valence-electron chi connectivity index (χ0n) is 7.95. The van der Waals surface area contributed by atoms with Gasteiger partial charge in [0.15, 0.2) is 0 Å². The molecule has 0 nitrogen and oxygen atoms in total. The van der Waals surface area contributed by atoms with Crippen LogP contribution in [0.5, 0.6) is 0 Å². The largest absolute Gasteiger partial charge is 0.307 e. The van der Waals surface area contributed by atoms with Gasteiger partial charge in [0.2, 0.25) is 0 Å². The van der Waals surface area contributed by atoms with Gasteiger partial charge in [0.25, 0.3) is 0 Å². The van der Waals surface area contributed by atoms with E-state index in [9.17, 15) is 0 Å². The molecule has 73 valence electrons. The Kier molecular flexibility index (Phi) is 5.31. The Morgan fingerprint density at radius 1 is 1.14 bits per heavy atom. The van der Waals surface area contributed by atoms with Gasteiger partial charge in [-0.1, -0.05) is 57.5 Å². The van der Waals surface area contributed by atoms with E-state index in [1.54, 1.807) is 0 Å². The third kappa shape index (κ3) is 2.51. The van der Waals surface area contributed by atoms with Crippen LogP contribution in [0.2, 0.25) is 0 Å². The van der Waals surface area contributed by atoms with Crippen molar-refractivity contribution in [2.45, 2.75) is 16.6 Å².